The normalized spacial score (nSPS) is 34.3. The Morgan fingerprint density at radius 1 is 1.56 bits per heavy atom. The molecule has 0 spiro atoms. The van der Waals surface area contributed by atoms with E-state index in [0.29, 0.717) is 6.54 Å². The van der Waals surface area contributed by atoms with Crippen LogP contribution in [0.15, 0.2) is 0 Å². The van der Waals surface area contributed by atoms with Gasteiger partial charge in [-0.25, -0.2) is 8.78 Å². The van der Waals surface area contributed by atoms with Gasteiger partial charge in [0.15, 0.2) is 0 Å². The van der Waals surface area contributed by atoms with Gasteiger partial charge in [0, 0.05) is 25.4 Å². The van der Waals surface area contributed by atoms with E-state index in [2.05, 4.69) is 5.32 Å². The lowest BCUT2D eigenvalue weighted by Gasteiger charge is -2.27. The number of rotatable bonds is 0. The van der Waals surface area contributed by atoms with Crippen LogP contribution in [0.25, 0.3) is 0 Å². The van der Waals surface area contributed by atoms with Crippen molar-refractivity contribution in [2.45, 2.75) is 31.7 Å². The molecule has 1 heterocycles. The van der Waals surface area contributed by atoms with Crippen LogP contribution in [0.5, 0.6) is 0 Å². The van der Waals surface area contributed by atoms with E-state index in [-0.39, 0.29) is 18.9 Å². The molecule has 1 fully saturated rings. The van der Waals surface area contributed by atoms with Crippen LogP contribution in [-0.4, -0.2) is 18.5 Å². The van der Waals surface area contributed by atoms with Crippen LogP contribution in [-0.2, 0) is 0 Å². The van der Waals surface area contributed by atoms with Crippen molar-refractivity contribution in [1.82, 2.24) is 5.32 Å². The Kier molecular flexibility index (Phi) is 1.70. The molecule has 1 atom stereocenters. The van der Waals surface area contributed by atoms with Crippen LogP contribution < -0.4 is 5.32 Å². The van der Waals surface area contributed by atoms with E-state index in [1.807, 2.05) is 0 Å². The fourth-order valence-electron chi connectivity index (χ4n) is 1.12. The molecule has 0 radical (unpaired) electrons. The molecule has 0 aromatic heterocycles. The molecule has 9 heavy (non-hydrogen) atoms. The van der Waals surface area contributed by atoms with Gasteiger partial charge >= 0.3 is 0 Å². The molecule has 3 heteroatoms. The first kappa shape index (κ1) is 6.93. The van der Waals surface area contributed by atoms with Gasteiger partial charge in [-0.1, -0.05) is 0 Å². The fourth-order valence-corrected chi connectivity index (χ4v) is 1.12. The van der Waals surface area contributed by atoms with E-state index < -0.39 is 5.92 Å². The van der Waals surface area contributed by atoms with Crippen LogP contribution in [0.2, 0.25) is 0 Å². The molecule has 1 aliphatic rings. The SMILES string of the molecule is C[C@@H]1CC(F)(F)CCN1. The Hall–Kier alpha value is -0.180. The zero-order chi connectivity index (χ0) is 6.91. The smallest absolute Gasteiger partial charge is 0.250 e. The highest BCUT2D eigenvalue weighted by molar-refractivity contribution is 4.79. The van der Waals surface area contributed by atoms with Crippen LogP contribution in [0, 0.1) is 0 Å². The second-order valence-corrected chi connectivity index (χ2v) is 2.67. The zero-order valence-electron chi connectivity index (χ0n) is 5.45. The van der Waals surface area contributed by atoms with Crippen LogP contribution in [0.1, 0.15) is 19.8 Å². The molecule has 0 saturated carbocycles. The van der Waals surface area contributed by atoms with E-state index in [1.165, 1.54) is 0 Å². The third-order valence-electron chi connectivity index (χ3n) is 1.59. The summed E-state index contributed by atoms with van der Waals surface area (Å²) in [5.41, 5.74) is 0. The van der Waals surface area contributed by atoms with E-state index >= 15 is 0 Å². The van der Waals surface area contributed by atoms with Crippen molar-refractivity contribution in [2.75, 3.05) is 6.54 Å². The first-order chi connectivity index (χ1) is 4.10. The average molecular weight is 135 g/mol. The summed E-state index contributed by atoms with van der Waals surface area (Å²) in [6.07, 6.45) is -0.00958. The molecule has 54 valence electrons. The van der Waals surface area contributed by atoms with Crippen LogP contribution in [0.4, 0.5) is 8.78 Å². The molecule has 1 saturated heterocycles. The summed E-state index contributed by atoms with van der Waals surface area (Å²) in [6.45, 7) is 2.24. The Morgan fingerprint density at radius 3 is 2.56 bits per heavy atom. The molecule has 0 bridgehead atoms. The summed E-state index contributed by atoms with van der Waals surface area (Å²) in [7, 11) is 0. The lowest BCUT2D eigenvalue weighted by atomic mass is 10.0. The van der Waals surface area contributed by atoms with E-state index in [0.717, 1.165) is 0 Å². The summed E-state index contributed by atoms with van der Waals surface area (Å²) in [6, 6.07) is -0.0197. The Morgan fingerprint density at radius 2 is 2.22 bits per heavy atom. The molecular weight excluding hydrogens is 124 g/mol. The second-order valence-electron chi connectivity index (χ2n) is 2.67. The van der Waals surface area contributed by atoms with Gasteiger partial charge in [-0.2, -0.15) is 0 Å². The minimum Gasteiger partial charge on any atom is -0.314 e. The van der Waals surface area contributed by atoms with Crippen LogP contribution in [0.3, 0.4) is 0 Å². The van der Waals surface area contributed by atoms with E-state index in [1.54, 1.807) is 6.92 Å². The van der Waals surface area contributed by atoms with Crippen molar-refractivity contribution in [3.8, 4) is 0 Å². The summed E-state index contributed by atoms with van der Waals surface area (Å²) < 4.78 is 24.8. The van der Waals surface area contributed by atoms with Crippen molar-refractivity contribution in [3.63, 3.8) is 0 Å². The van der Waals surface area contributed by atoms with Gasteiger partial charge in [0.2, 0.25) is 0 Å². The summed E-state index contributed by atoms with van der Waals surface area (Å²) >= 11 is 0. The first-order valence-corrected chi connectivity index (χ1v) is 3.21. The fraction of sp³-hybridized carbons (Fsp3) is 1.00. The minimum absolute atomic E-state index is 0.00264. The monoisotopic (exact) mass is 135 g/mol. The van der Waals surface area contributed by atoms with Crippen molar-refractivity contribution in [2.24, 2.45) is 0 Å². The van der Waals surface area contributed by atoms with Crippen molar-refractivity contribution in [1.29, 1.82) is 0 Å². The number of hydrogen-bond donors (Lipinski definition) is 1. The van der Waals surface area contributed by atoms with Gasteiger partial charge in [-0.05, 0) is 6.92 Å². The summed E-state index contributed by atoms with van der Waals surface area (Å²) in [5, 5.41) is 2.96. The zero-order valence-corrected chi connectivity index (χ0v) is 5.45. The van der Waals surface area contributed by atoms with Crippen molar-refractivity contribution in [3.05, 3.63) is 0 Å². The Labute approximate surface area is 53.4 Å². The quantitative estimate of drug-likeness (QED) is 0.529. The molecule has 1 aliphatic heterocycles. The van der Waals surface area contributed by atoms with Gasteiger partial charge in [0.05, 0.1) is 0 Å². The highest BCUT2D eigenvalue weighted by Crippen LogP contribution is 2.26. The molecule has 0 aliphatic carbocycles. The molecule has 1 nitrogen and oxygen atoms in total. The predicted octanol–water partition coefficient (Wildman–Crippen LogP) is 1.39. The first-order valence-electron chi connectivity index (χ1n) is 3.21. The van der Waals surface area contributed by atoms with E-state index in [9.17, 15) is 8.78 Å². The lowest BCUT2D eigenvalue weighted by Crippen LogP contribution is -2.41. The summed E-state index contributed by atoms with van der Waals surface area (Å²) in [5.74, 6) is -2.41. The molecule has 1 N–H and O–H groups in total. The summed E-state index contributed by atoms with van der Waals surface area (Å²) in [4.78, 5) is 0. The van der Waals surface area contributed by atoms with Crippen molar-refractivity contribution < 1.29 is 8.78 Å². The van der Waals surface area contributed by atoms with Crippen LogP contribution >= 0.6 is 0 Å². The molecule has 0 aromatic rings. The van der Waals surface area contributed by atoms with Gasteiger partial charge in [0.1, 0.15) is 0 Å². The topological polar surface area (TPSA) is 12.0 Å². The lowest BCUT2D eigenvalue weighted by molar-refractivity contribution is -0.0387. The van der Waals surface area contributed by atoms with Gasteiger partial charge in [0.25, 0.3) is 5.92 Å². The van der Waals surface area contributed by atoms with Gasteiger partial charge in [-0.3, -0.25) is 0 Å². The largest absolute Gasteiger partial charge is 0.314 e. The number of halogens is 2. The highest BCUT2D eigenvalue weighted by atomic mass is 19.3. The molecule has 0 aromatic carbocycles. The van der Waals surface area contributed by atoms with Crippen molar-refractivity contribution >= 4 is 0 Å². The maximum absolute atomic E-state index is 12.4. The number of nitrogens with one attached hydrogen (secondary N) is 1. The Balaban J connectivity index is 2.41. The minimum atomic E-state index is -2.41. The standard InChI is InChI=1S/C6H11F2N/c1-5-4-6(7,8)2-3-9-5/h5,9H,2-4H2,1H3/t5-/m1/s1. The number of alkyl halides is 2. The van der Waals surface area contributed by atoms with Gasteiger partial charge in [-0.15, -0.1) is 0 Å². The molecular formula is C6H11F2N. The predicted molar refractivity (Wildman–Crippen MR) is 31.6 cm³/mol. The third kappa shape index (κ3) is 1.90. The maximum atomic E-state index is 12.4. The maximum Gasteiger partial charge on any atom is 0.250 e. The number of piperidine rings is 1. The third-order valence-corrected chi connectivity index (χ3v) is 1.59. The van der Waals surface area contributed by atoms with Gasteiger partial charge < -0.3 is 5.32 Å². The average Bonchev–Trinajstić information content (AvgIpc) is 1.60. The highest BCUT2D eigenvalue weighted by Gasteiger charge is 2.33. The molecule has 0 unspecified atom stereocenters. The Bertz CT molecular complexity index is 103. The van der Waals surface area contributed by atoms with E-state index in [4.69, 9.17) is 0 Å². The second kappa shape index (κ2) is 2.21. The number of hydrogen-bond acceptors (Lipinski definition) is 1. The molecule has 0 amide bonds. The molecule has 1 rings (SSSR count).